The van der Waals surface area contributed by atoms with Crippen LogP contribution in [0.2, 0.25) is 0 Å². The molecule has 1 aromatic carbocycles. The summed E-state index contributed by atoms with van der Waals surface area (Å²) in [6.07, 6.45) is 0. The summed E-state index contributed by atoms with van der Waals surface area (Å²) < 4.78 is 1.89. The molecule has 0 aliphatic heterocycles. The van der Waals surface area contributed by atoms with Crippen molar-refractivity contribution in [2.24, 2.45) is 7.05 Å². The monoisotopic (exact) mass is 202 g/mol. The van der Waals surface area contributed by atoms with Crippen molar-refractivity contribution in [2.75, 3.05) is 0 Å². The highest BCUT2D eigenvalue weighted by molar-refractivity contribution is 5.58. The van der Waals surface area contributed by atoms with Gasteiger partial charge in [-0.1, -0.05) is 44.2 Å². The van der Waals surface area contributed by atoms with Crippen molar-refractivity contribution in [1.82, 2.24) is 9.78 Å². The zero-order valence-corrected chi connectivity index (χ0v) is 9.86. The largest absolute Gasteiger partial charge is 0.272 e. The minimum Gasteiger partial charge on any atom is -0.272 e. The highest BCUT2D eigenvalue weighted by Crippen LogP contribution is 2.17. The number of rotatable bonds is 1. The van der Waals surface area contributed by atoms with Crippen LogP contribution in [0.25, 0.3) is 11.3 Å². The molecule has 0 unspecified atom stereocenters. The maximum atomic E-state index is 4.40. The van der Waals surface area contributed by atoms with Crippen molar-refractivity contribution in [3.05, 3.63) is 42.1 Å². The fourth-order valence-electron chi connectivity index (χ4n) is 1.31. The van der Waals surface area contributed by atoms with Crippen LogP contribution in [0.1, 0.15) is 19.5 Å². The molecule has 15 heavy (non-hydrogen) atoms. The molecule has 0 amide bonds. The van der Waals surface area contributed by atoms with Crippen molar-refractivity contribution < 1.29 is 0 Å². The van der Waals surface area contributed by atoms with Gasteiger partial charge in [-0.05, 0) is 13.0 Å². The van der Waals surface area contributed by atoms with Gasteiger partial charge in [0, 0.05) is 18.3 Å². The summed E-state index contributed by atoms with van der Waals surface area (Å²) in [5.74, 6) is 0. The van der Waals surface area contributed by atoms with Gasteiger partial charge in [0.25, 0.3) is 0 Å². The average Bonchev–Trinajstić information content (AvgIpc) is 2.63. The van der Waals surface area contributed by atoms with E-state index in [0.29, 0.717) is 0 Å². The summed E-state index contributed by atoms with van der Waals surface area (Å²) in [7, 11) is 1.96. The van der Waals surface area contributed by atoms with E-state index in [2.05, 4.69) is 30.2 Å². The molecule has 2 nitrogen and oxygen atoms in total. The Hall–Kier alpha value is -1.57. The maximum Gasteiger partial charge on any atom is 0.0925 e. The molecule has 1 heterocycles. The third-order valence-electron chi connectivity index (χ3n) is 2.18. The first-order chi connectivity index (χ1) is 7.27. The number of aryl methyl sites for hydroxylation is 2. The van der Waals surface area contributed by atoms with Crippen LogP contribution < -0.4 is 0 Å². The van der Waals surface area contributed by atoms with Crippen molar-refractivity contribution in [1.29, 1.82) is 0 Å². The summed E-state index contributed by atoms with van der Waals surface area (Å²) in [5.41, 5.74) is 3.39. The fourth-order valence-corrected chi connectivity index (χ4v) is 1.31. The number of hydrogen-bond acceptors (Lipinski definition) is 1. The van der Waals surface area contributed by atoms with Crippen LogP contribution in [0.4, 0.5) is 0 Å². The second-order valence-corrected chi connectivity index (χ2v) is 3.16. The van der Waals surface area contributed by atoms with E-state index in [0.717, 1.165) is 5.69 Å². The highest BCUT2D eigenvalue weighted by Gasteiger charge is 2.01. The fraction of sp³-hybridized carbons (Fsp3) is 0.308. The minimum absolute atomic E-state index is 1.04. The average molecular weight is 202 g/mol. The lowest BCUT2D eigenvalue weighted by atomic mass is 10.1. The van der Waals surface area contributed by atoms with Crippen LogP contribution in [-0.2, 0) is 7.05 Å². The van der Waals surface area contributed by atoms with Crippen LogP contribution in [0.5, 0.6) is 0 Å². The van der Waals surface area contributed by atoms with Crippen LogP contribution >= 0.6 is 0 Å². The second kappa shape index (κ2) is 5.35. The topological polar surface area (TPSA) is 17.8 Å². The van der Waals surface area contributed by atoms with E-state index in [1.54, 1.807) is 0 Å². The predicted octanol–water partition coefficient (Wildman–Crippen LogP) is 3.42. The van der Waals surface area contributed by atoms with Crippen molar-refractivity contribution in [3.63, 3.8) is 0 Å². The Morgan fingerprint density at radius 1 is 1.07 bits per heavy atom. The molecule has 0 atom stereocenters. The van der Waals surface area contributed by atoms with E-state index in [1.807, 2.05) is 43.8 Å². The quantitative estimate of drug-likeness (QED) is 0.692. The van der Waals surface area contributed by atoms with Gasteiger partial charge < -0.3 is 0 Å². The van der Waals surface area contributed by atoms with Crippen LogP contribution in [0.3, 0.4) is 0 Å². The molecule has 0 aliphatic carbocycles. The molecular formula is C13H18N2. The lowest BCUT2D eigenvalue weighted by Crippen LogP contribution is -1.92. The first-order valence-electron chi connectivity index (χ1n) is 5.33. The van der Waals surface area contributed by atoms with Gasteiger partial charge in [-0.15, -0.1) is 0 Å². The van der Waals surface area contributed by atoms with Crippen LogP contribution in [0.15, 0.2) is 36.4 Å². The first-order valence-corrected chi connectivity index (χ1v) is 5.33. The molecule has 2 aromatic rings. The smallest absolute Gasteiger partial charge is 0.0925 e. The maximum absolute atomic E-state index is 4.40. The van der Waals surface area contributed by atoms with E-state index in [9.17, 15) is 0 Å². The van der Waals surface area contributed by atoms with Gasteiger partial charge >= 0.3 is 0 Å². The second-order valence-electron chi connectivity index (χ2n) is 3.16. The Kier molecular flexibility index (Phi) is 4.10. The molecule has 0 bridgehead atoms. The molecular weight excluding hydrogens is 184 g/mol. The van der Waals surface area contributed by atoms with Gasteiger partial charge in [-0.25, -0.2) is 0 Å². The lowest BCUT2D eigenvalue weighted by molar-refractivity contribution is 0.743. The van der Waals surface area contributed by atoms with Gasteiger partial charge in [0.2, 0.25) is 0 Å². The van der Waals surface area contributed by atoms with Crippen molar-refractivity contribution >= 4 is 0 Å². The zero-order valence-electron chi connectivity index (χ0n) is 9.86. The molecule has 0 radical (unpaired) electrons. The molecule has 0 fully saturated rings. The Balaban J connectivity index is 0.000000531. The van der Waals surface area contributed by atoms with Gasteiger partial charge in [0.1, 0.15) is 0 Å². The predicted molar refractivity (Wildman–Crippen MR) is 64.7 cm³/mol. The van der Waals surface area contributed by atoms with Gasteiger partial charge in [-0.2, -0.15) is 5.10 Å². The third kappa shape index (κ3) is 2.69. The Morgan fingerprint density at radius 3 is 2.13 bits per heavy atom. The van der Waals surface area contributed by atoms with E-state index in [1.165, 1.54) is 11.3 Å². The normalized spacial score (nSPS) is 9.33. The van der Waals surface area contributed by atoms with Gasteiger partial charge in [-0.3, -0.25) is 4.68 Å². The standard InChI is InChI=1S/C11H12N2.C2H6/c1-9-8-11(12-13(9)2)10-6-4-3-5-7-10;1-2/h3-8H,1-2H3;1-2H3. The highest BCUT2D eigenvalue weighted by atomic mass is 15.3. The Labute approximate surface area is 91.6 Å². The number of hydrogen-bond donors (Lipinski definition) is 0. The number of nitrogens with zero attached hydrogens (tertiary/aromatic N) is 2. The van der Waals surface area contributed by atoms with E-state index < -0.39 is 0 Å². The third-order valence-corrected chi connectivity index (χ3v) is 2.18. The summed E-state index contributed by atoms with van der Waals surface area (Å²) in [4.78, 5) is 0. The Bertz CT molecular complexity index is 382. The van der Waals surface area contributed by atoms with E-state index in [4.69, 9.17) is 0 Å². The molecule has 80 valence electrons. The summed E-state index contributed by atoms with van der Waals surface area (Å²) in [5, 5.41) is 4.40. The minimum atomic E-state index is 1.04. The molecule has 0 saturated heterocycles. The van der Waals surface area contributed by atoms with Crippen molar-refractivity contribution in [2.45, 2.75) is 20.8 Å². The molecule has 0 saturated carbocycles. The van der Waals surface area contributed by atoms with Gasteiger partial charge in [0.05, 0.1) is 5.69 Å². The lowest BCUT2D eigenvalue weighted by Gasteiger charge is -1.93. The zero-order chi connectivity index (χ0) is 11.3. The molecule has 1 aromatic heterocycles. The summed E-state index contributed by atoms with van der Waals surface area (Å²) >= 11 is 0. The SMILES string of the molecule is CC.Cc1cc(-c2ccccc2)nn1C. The van der Waals surface area contributed by atoms with Gasteiger partial charge in [0.15, 0.2) is 0 Å². The molecule has 0 N–H and O–H groups in total. The first kappa shape index (κ1) is 11.5. The number of aromatic nitrogens is 2. The molecule has 0 aliphatic rings. The van der Waals surface area contributed by atoms with E-state index >= 15 is 0 Å². The summed E-state index contributed by atoms with van der Waals surface area (Å²) in [6, 6.07) is 12.3. The molecule has 0 spiro atoms. The van der Waals surface area contributed by atoms with Crippen LogP contribution in [-0.4, -0.2) is 9.78 Å². The Morgan fingerprint density at radius 2 is 1.67 bits per heavy atom. The van der Waals surface area contributed by atoms with Crippen molar-refractivity contribution in [3.8, 4) is 11.3 Å². The molecule has 2 heteroatoms. The molecule has 2 rings (SSSR count). The van der Waals surface area contributed by atoms with Crippen LogP contribution in [0, 0.1) is 6.92 Å². The summed E-state index contributed by atoms with van der Waals surface area (Å²) in [6.45, 7) is 6.06. The van der Waals surface area contributed by atoms with E-state index in [-0.39, 0.29) is 0 Å². The number of benzene rings is 1.